The van der Waals surface area contributed by atoms with Crippen LogP contribution in [0.3, 0.4) is 0 Å². The summed E-state index contributed by atoms with van der Waals surface area (Å²) in [6, 6.07) is 15.4. The molecule has 0 spiro atoms. The topological polar surface area (TPSA) is 49.4 Å². The van der Waals surface area contributed by atoms with E-state index in [0.29, 0.717) is 19.4 Å². The van der Waals surface area contributed by atoms with Crippen molar-refractivity contribution in [3.8, 4) is 0 Å². The van der Waals surface area contributed by atoms with Crippen molar-refractivity contribution < 1.29 is 9.59 Å². The zero-order valence-electron chi connectivity index (χ0n) is 14.1. The van der Waals surface area contributed by atoms with Crippen molar-refractivity contribution in [3.63, 3.8) is 0 Å². The van der Waals surface area contributed by atoms with Crippen LogP contribution >= 0.6 is 0 Å². The molecular formula is C20H22N2O2. The van der Waals surface area contributed by atoms with Gasteiger partial charge in [-0.15, -0.1) is 0 Å². The van der Waals surface area contributed by atoms with Crippen molar-refractivity contribution in [2.75, 3.05) is 5.32 Å². The quantitative estimate of drug-likeness (QED) is 0.937. The lowest BCUT2D eigenvalue weighted by atomic mass is 10.1. The van der Waals surface area contributed by atoms with Crippen LogP contribution in [0.2, 0.25) is 0 Å². The van der Waals surface area contributed by atoms with E-state index in [0.717, 1.165) is 22.4 Å². The number of hydrogen-bond donors (Lipinski definition) is 1. The number of carbonyl (C=O) groups is 2. The van der Waals surface area contributed by atoms with Gasteiger partial charge in [0.2, 0.25) is 11.8 Å². The number of aryl methyl sites for hydroxylation is 2. The van der Waals surface area contributed by atoms with Gasteiger partial charge in [0.1, 0.15) is 6.04 Å². The van der Waals surface area contributed by atoms with Crippen LogP contribution in [0.1, 0.15) is 29.5 Å². The van der Waals surface area contributed by atoms with Crippen molar-refractivity contribution in [2.24, 2.45) is 0 Å². The van der Waals surface area contributed by atoms with Gasteiger partial charge in [-0.1, -0.05) is 42.5 Å². The molecule has 0 bridgehead atoms. The van der Waals surface area contributed by atoms with Gasteiger partial charge >= 0.3 is 0 Å². The standard InChI is InChI=1S/C20H22N2O2/c1-14-8-9-15(2)17(12-14)21-20(24)18-10-11-19(23)22(18)13-16-6-4-3-5-7-16/h3-9,12,18H,10-11,13H2,1-2H3,(H,21,24). The lowest BCUT2D eigenvalue weighted by Gasteiger charge is -2.24. The fraction of sp³-hybridized carbons (Fsp3) is 0.300. The highest BCUT2D eigenvalue weighted by Crippen LogP contribution is 2.24. The number of nitrogens with one attached hydrogen (secondary N) is 1. The molecule has 1 fully saturated rings. The molecule has 0 saturated carbocycles. The molecule has 1 atom stereocenters. The molecule has 1 heterocycles. The smallest absolute Gasteiger partial charge is 0.247 e. The third-order valence-electron chi connectivity index (χ3n) is 4.48. The first-order valence-corrected chi connectivity index (χ1v) is 8.26. The highest BCUT2D eigenvalue weighted by atomic mass is 16.2. The van der Waals surface area contributed by atoms with Crippen molar-refractivity contribution in [3.05, 3.63) is 65.2 Å². The van der Waals surface area contributed by atoms with Gasteiger partial charge < -0.3 is 10.2 Å². The molecule has 0 aromatic heterocycles. The predicted octanol–water partition coefficient (Wildman–Crippen LogP) is 3.43. The fourth-order valence-electron chi connectivity index (χ4n) is 3.07. The number of nitrogens with zero attached hydrogens (tertiary/aromatic N) is 1. The minimum absolute atomic E-state index is 0.0416. The molecule has 2 aromatic carbocycles. The Morgan fingerprint density at radius 1 is 1.17 bits per heavy atom. The number of carbonyl (C=O) groups excluding carboxylic acids is 2. The van der Waals surface area contributed by atoms with Gasteiger partial charge in [0.15, 0.2) is 0 Å². The molecule has 1 aliphatic rings. The summed E-state index contributed by atoms with van der Waals surface area (Å²) in [5.41, 5.74) is 3.98. The van der Waals surface area contributed by atoms with E-state index in [1.165, 1.54) is 0 Å². The summed E-state index contributed by atoms with van der Waals surface area (Å²) in [4.78, 5) is 26.6. The van der Waals surface area contributed by atoms with E-state index in [2.05, 4.69) is 5.32 Å². The van der Waals surface area contributed by atoms with E-state index in [9.17, 15) is 9.59 Å². The van der Waals surface area contributed by atoms with Crippen LogP contribution in [-0.4, -0.2) is 22.8 Å². The largest absolute Gasteiger partial charge is 0.326 e. The van der Waals surface area contributed by atoms with Crippen LogP contribution in [0.25, 0.3) is 0 Å². The molecule has 24 heavy (non-hydrogen) atoms. The lowest BCUT2D eigenvalue weighted by Crippen LogP contribution is -2.41. The molecule has 1 unspecified atom stereocenters. The molecule has 124 valence electrons. The summed E-state index contributed by atoms with van der Waals surface area (Å²) in [5, 5.41) is 3.00. The summed E-state index contributed by atoms with van der Waals surface area (Å²) in [6.45, 7) is 4.44. The third kappa shape index (κ3) is 3.48. The summed E-state index contributed by atoms with van der Waals surface area (Å²) < 4.78 is 0. The number of amides is 2. The van der Waals surface area contributed by atoms with Gasteiger partial charge in [-0.25, -0.2) is 0 Å². The van der Waals surface area contributed by atoms with Crippen molar-refractivity contribution >= 4 is 17.5 Å². The zero-order valence-corrected chi connectivity index (χ0v) is 14.1. The van der Waals surface area contributed by atoms with Crippen LogP contribution in [0.15, 0.2) is 48.5 Å². The van der Waals surface area contributed by atoms with E-state index in [1.807, 2.05) is 62.4 Å². The minimum atomic E-state index is -0.405. The van der Waals surface area contributed by atoms with E-state index >= 15 is 0 Å². The number of benzene rings is 2. The Hall–Kier alpha value is -2.62. The summed E-state index contributed by atoms with van der Waals surface area (Å²) in [5.74, 6) is -0.0644. The van der Waals surface area contributed by atoms with Crippen molar-refractivity contribution in [1.82, 2.24) is 4.90 Å². The summed E-state index contributed by atoms with van der Waals surface area (Å²) in [6.07, 6.45) is 1.00. The van der Waals surface area contributed by atoms with Gasteiger partial charge in [0, 0.05) is 18.7 Å². The number of likely N-dealkylation sites (tertiary alicyclic amines) is 1. The molecule has 1 N–H and O–H groups in total. The molecule has 4 nitrogen and oxygen atoms in total. The monoisotopic (exact) mass is 322 g/mol. The average Bonchev–Trinajstić information content (AvgIpc) is 2.93. The summed E-state index contributed by atoms with van der Waals surface area (Å²) >= 11 is 0. The van der Waals surface area contributed by atoms with Gasteiger partial charge in [0.25, 0.3) is 0 Å². The van der Waals surface area contributed by atoms with E-state index in [1.54, 1.807) is 4.90 Å². The number of anilines is 1. The molecule has 4 heteroatoms. The molecule has 2 aromatic rings. The van der Waals surface area contributed by atoms with Gasteiger partial charge in [-0.2, -0.15) is 0 Å². The minimum Gasteiger partial charge on any atom is -0.326 e. The van der Waals surface area contributed by atoms with Crippen molar-refractivity contribution in [2.45, 2.75) is 39.3 Å². The van der Waals surface area contributed by atoms with Crippen LogP contribution in [-0.2, 0) is 16.1 Å². The fourth-order valence-corrected chi connectivity index (χ4v) is 3.07. The third-order valence-corrected chi connectivity index (χ3v) is 4.48. The molecule has 1 aliphatic heterocycles. The Morgan fingerprint density at radius 2 is 1.92 bits per heavy atom. The molecule has 1 saturated heterocycles. The molecule has 0 radical (unpaired) electrons. The highest BCUT2D eigenvalue weighted by molar-refractivity contribution is 5.99. The first-order chi connectivity index (χ1) is 11.5. The second-order valence-electron chi connectivity index (χ2n) is 6.37. The number of hydrogen-bond acceptors (Lipinski definition) is 2. The Bertz CT molecular complexity index is 755. The maximum atomic E-state index is 12.7. The Morgan fingerprint density at radius 3 is 2.67 bits per heavy atom. The molecule has 3 rings (SSSR count). The van der Waals surface area contributed by atoms with Crippen LogP contribution in [0, 0.1) is 13.8 Å². The van der Waals surface area contributed by atoms with Crippen molar-refractivity contribution in [1.29, 1.82) is 0 Å². The normalized spacial score (nSPS) is 17.2. The van der Waals surface area contributed by atoms with Gasteiger partial charge in [-0.3, -0.25) is 9.59 Å². The second-order valence-corrected chi connectivity index (χ2v) is 6.37. The van der Waals surface area contributed by atoms with Gasteiger partial charge in [0.05, 0.1) is 0 Å². The lowest BCUT2D eigenvalue weighted by molar-refractivity contribution is -0.133. The Labute approximate surface area is 142 Å². The maximum Gasteiger partial charge on any atom is 0.247 e. The van der Waals surface area contributed by atoms with Crippen LogP contribution in [0.4, 0.5) is 5.69 Å². The Kier molecular flexibility index (Phi) is 4.65. The summed E-state index contributed by atoms with van der Waals surface area (Å²) in [7, 11) is 0. The number of rotatable bonds is 4. The highest BCUT2D eigenvalue weighted by Gasteiger charge is 2.36. The molecule has 0 aliphatic carbocycles. The first kappa shape index (κ1) is 16.2. The average molecular weight is 322 g/mol. The zero-order chi connectivity index (χ0) is 17.1. The molecular weight excluding hydrogens is 300 g/mol. The first-order valence-electron chi connectivity index (χ1n) is 8.26. The maximum absolute atomic E-state index is 12.7. The SMILES string of the molecule is Cc1ccc(C)c(NC(=O)C2CCC(=O)N2Cc2ccccc2)c1. The van der Waals surface area contributed by atoms with E-state index in [-0.39, 0.29) is 11.8 Å². The molecule has 2 amide bonds. The van der Waals surface area contributed by atoms with E-state index in [4.69, 9.17) is 0 Å². The van der Waals surface area contributed by atoms with Crippen LogP contribution < -0.4 is 5.32 Å². The van der Waals surface area contributed by atoms with E-state index < -0.39 is 6.04 Å². The Balaban J connectivity index is 1.75. The second kappa shape index (κ2) is 6.87. The van der Waals surface area contributed by atoms with Crippen LogP contribution in [0.5, 0.6) is 0 Å². The predicted molar refractivity (Wildman–Crippen MR) is 94.6 cm³/mol. The van der Waals surface area contributed by atoms with Gasteiger partial charge in [-0.05, 0) is 43.0 Å².